The molecule has 3 aromatic rings. The molecule has 134 valence electrons. The lowest BCUT2D eigenvalue weighted by Gasteiger charge is -2.12. The number of hydrogen-bond donors (Lipinski definition) is 1. The summed E-state index contributed by atoms with van der Waals surface area (Å²) < 4.78 is 1.41. The second kappa shape index (κ2) is 7.52. The molecule has 1 N–H and O–H groups in total. The van der Waals surface area contributed by atoms with E-state index in [2.05, 4.69) is 24.1 Å². The maximum atomic E-state index is 12.6. The second-order valence-corrected chi connectivity index (χ2v) is 6.55. The van der Waals surface area contributed by atoms with Gasteiger partial charge >= 0.3 is 0 Å². The van der Waals surface area contributed by atoms with Gasteiger partial charge in [-0.2, -0.15) is 0 Å². The number of rotatable bonds is 5. The van der Waals surface area contributed by atoms with E-state index in [1.807, 2.05) is 30.3 Å². The molecule has 2 aromatic carbocycles. The molecule has 0 aliphatic carbocycles. The maximum Gasteiger partial charge on any atom is 0.261 e. The number of nitrogens with one attached hydrogen (secondary N) is 1. The van der Waals surface area contributed by atoms with Crippen LogP contribution < -0.4 is 10.9 Å². The lowest BCUT2D eigenvalue weighted by atomic mass is 9.99. The van der Waals surface area contributed by atoms with E-state index < -0.39 is 0 Å². The van der Waals surface area contributed by atoms with E-state index in [0.717, 1.165) is 12.1 Å². The van der Waals surface area contributed by atoms with Crippen molar-refractivity contribution >= 4 is 22.5 Å². The van der Waals surface area contributed by atoms with Gasteiger partial charge in [0, 0.05) is 5.69 Å². The molecule has 0 aliphatic rings. The molecule has 0 fully saturated rings. The zero-order chi connectivity index (χ0) is 18.7. The maximum absolute atomic E-state index is 12.6. The molecular formula is C21H23N3O2. The molecule has 0 aliphatic heterocycles. The van der Waals surface area contributed by atoms with Crippen molar-refractivity contribution in [2.45, 2.75) is 39.7 Å². The van der Waals surface area contributed by atoms with Crippen LogP contribution in [0.2, 0.25) is 0 Å². The Bertz CT molecular complexity index is 990. The highest BCUT2D eigenvalue weighted by atomic mass is 16.2. The minimum atomic E-state index is -0.247. The summed E-state index contributed by atoms with van der Waals surface area (Å²) in [5.41, 5.74) is 2.42. The molecule has 0 bridgehead atoms. The Morgan fingerprint density at radius 2 is 1.85 bits per heavy atom. The quantitative estimate of drug-likeness (QED) is 0.761. The summed E-state index contributed by atoms with van der Waals surface area (Å²) in [6.45, 7) is 6.01. The summed E-state index contributed by atoms with van der Waals surface area (Å²) in [5.74, 6) is 0.768. The van der Waals surface area contributed by atoms with Gasteiger partial charge < -0.3 is 5.32 Å². The first-order chi connectivity index (χ1) is 12.5. The van der Waals surface area contributed by atoms with Crippen molar-refractivity contribution in [1.82, 2.24) is 9.55 Å². The molecule has 0 spiro atoms. The van der Waals surface area contributed by atoms with Crippen LogP contribution in [-0.2, 0) is 11.3 Å². The van der Waals surface area contributed by atoms with E-state index in [0.29, 0.717) is 22.6 Å². The molecule has 0 saturated heterocycles. The predicted molar refractivity (Wildman–Crippen MR) is 105 cm³/mol. The van der Waals surface area contributed by atoms with Gasteiger partial charge in [0.1, 0.15) is 12.4 Å². The van der Waals surface area contributed by atoms with Crippen LogP contribution in [-0.4, -0.2) is 15.5 Å². The zero-order valence-corrected chi connectivity index (χ0v) is 15.3. The van der Waals surface area contributed by atoms with E-state index in [4.69, 9.17) is 0 Å². The lowest BCUT2D eigenvalue weighted by molar-refractivity contribution is -0.116. The van der Waals surface area contributed by atoms with Gasteiger partial charge in [-0.3, -0.25) is 14.2 Å². The molecule has 5 heteroatoms. The summed E-state index contributed by atoms with van der Waals surface area (Å²) in [5, 5.41) is 3.37. The normalized spacial score (nSPS) is 12.1. The van der Waals surface area contributed by atoms with Crippen molar-refractivity contribution in [3.05, 3.63) is 70.3 Å². The lowest BCUT2D eigenvalue weighted by Crippen LogP contribution is -2.30. The van der Waals surface area contributed by atoms with Crippen LogP contribution in [0.15, 0.2) is 53.3 Å². The molecular weight excluding hydrogens is 326 g/mol. The highest BCUT2D eigenvalue weighted by Crippen LogP contribution is 2.20. The van der Waals surface area contributed by atoms with Gasteiger partial charge in [-0.25, -0.2) is 4.98 Å². The third-order valence-corrected chi connectivity index (χ3v) is 4.73. The Hall–Kier alpha value is -2.95. The topological polar surface area (TPSA) is 64.0 Å². The first kappa shape index (κ1) is 17.9. The number of para-hydroxylation sites is 1. The van der Waals surface area contributed by atoms with Crippen LogP contribution in [0.4, 0.5) is 5.69 Å². The van der Waals surface area contributed by atoms with Gasteiger partial charge in [0.2, 0.25) is 5.91 Å². The number of carbonyl (C=O) groups is 1. The molecule has 1 amide bonds. The van der Waals surface area contributed by atoms with E-state index in [9.17, 15) is 9.59 Å². The highest BCUT2D eigenvalue weighted by molar-refractivity contribution is 5.90. The van der Waals surface area contributed by atoms with Crippen LogP contribution in [0, 0.1) is 6.92 Å². The Labute approximate surface area is 152 Å². The fourth-order valence-electron chi connectivity index (χ4n) is 2.94. The van der Waals surface area contributed by atoms with Gasteiger partial charge in [0.15, 0.2) is 0 Å². The van der Waals surface area contributed by atoms with Crippen molar-refractivity contribution in [1.29, 1.82) is 0 Å². The van der Waals surface area contributed by atoms with Crippen LogP contribution in [0.25, 0.3) is 10.9 Å². The number of benzene rings is 2. The second-order valence-electron chi connectivity index (χ2n) is 6.55. The molecule has 0 radical (unpaired) electrons. The first-order valence-electron chi connectivity index (χ1n) is 8.85. The standard InChI is InChI=1S/C21H23N3O2/c1-4-14(2)16-9-11-17(12-10-16)23-20(25)13-24-15(3)22-19-8-6-5-7-18(19)21(24)26/h5-12,14H,4,13H2,1-3H3,(H,23,25)/t14-/m0/s1. The van der Waals surface area contributed by atoms with Gasteiger partial charge in [-0.1, -0.05) is 38.1 Å². The molecule has 1 heterocycles. The largest absolute Gasteiger partial charge is 0.325 e. The van der Waals surface area contributed by atoms with Gasteiger partial charge in [-0.05, 0) is 49.1 Å². The Morgan fingerprint density at radius 3 is 2.54 bits per heavy atom. The highest BCUT2D eigenvalue weighted by Gasteiger charge is 2.12. The monoisotopic (exact) mass is 349 g/mol. The zero-order valence-electron chi connectivity index (χ0n) is 15.3. The molecule has 0 unspecified atom stereocenters. The molecule has 3 rings (SSSR count). The van der Waals surface area contributed by atoms with Crippen LogP contribution in [0.3, 0.4) is 0 Å². The molecule has 1 atom stereocenters. The number of fused-ring (bicyclic) bond motifs is 1. The SMILES string of the molecule is CC[C@H](C)c1ccc(NC(=O)Cn2c(C)nc3ccccc3c2=O)cc1. The number of anilines is 1. The van der Waals surface area contributed by atoms with Crippen molar-refractivity contribution in [3.8, 4) is 0 Å². The van der Waals surface area contributed by atoms with E-state index in [1.54, 1.807) is 25.1 Å². The molecule has 1 aromatic heterocycles. The number of aryl methyl sites for hydroxylation is 1. The van der Waals surface area contributed by atoms with E-state index in [-0.39, 0.29) is 18.0 Å². The fraction of sp³-hybridized carbons (Fsp3) is 0.286. The minimum absolute atomic E-state index is 0.0599. The van der Waals surface area contributed by atoms with Crippen molar-refractivity contribution in [3.63, 3.8) is 0 Å². The summed E-state index contributed by atoms with van der Waals surface area (Å²) in [6.07, 6.45) is 1.07. The van der Waals surface area contributed by atoms with Gasteiger partial charge in [0.25, 0.3) is 5.56 Å². The Balaban J connectivity index is 1.78. The predicted octanol–water partition coefficient (Wildman–Crippen LogP) is 3.86. The van der Waals surface area contributed by atoms with Crippen LogP contribution >= 0.6 is 0 Å². The fourth-order valence-corrected chi connectivity index (χ4v) is 2.94. The Morgan fingerprint density at radius 1 is 1.15 bits per heavy atom. The number of aromatic nitrogens is 2. The van der Waals surface area contributed by atoms with Crippen molar-refractivity contribution < 1.29 is 4.79 Å². The molecule has 0 saturated carbocycles. The number of hydrogen-bond acceptors (Lipinski definition) is 3. The summed E-state index contributed by atoms with van der Waals surface area (Å²) in [7, 11) is 0. The first-order valence-corrected chi connectivity index (χ1v) is 8.85. The molecule has 5 nitrogen and oxygen atoms in total. The summed E-state index contributed by atoms with van der Waals surface area (Å²) >= 11 is 0. The van der Waals surface area contributed by atoms with Crippen molar-refractivity contribution in [2.24, 2.45) is 0 Å². The average molecular weight is 349 g/mol. The number of amides is 1. The third kappa shape index (κ3) is 3.67. The Kier molecular flexibility index (Phi) is 5.16. The molecule has 26 heavy (non-hydrogen) atoms. The van der Waals surface area contributed by atoms with Crippen molar-refractivity contribution in [2.75, 3.05) is 5.32 Å². The van der Waals surface area contributed by atoms with Crippen LogP contribution in [0.1, 0.15) is 37.6 Å². The summed E-state index contributed by atoms with van der Waals surface area (Å²) in [4.78, 5) is 29.5. The smallest absolute Gasteiger partial charge is 0.261 e. The number of nitrogens with zero attached hydrogens (tertiary/aromatic N) is 2. The van der Waals surface area contributed by atoms with Crippen LogP contribution in [0.5, 0.6) is 0 Å². The number of carbonyl (C=O) groups excluding carboxylic acids is 1. The van der Waals surface area contributed by atoms with E-state index in [1.165, 1.54) is 10.1 Å². The third-order valence-electron chi connectivity index (χ3n) is 4.73. The van der Waals surface area contributed by atoms with Gasteiger partial charge in [0.05, 0.1) is 10.9 Å². The van der Waals surface area contributed by atoms with Gasteiger partial charge in [-0.15, -0.1) is 0 Å². The van der Waals surface area contributed by atoms with E-state index >= 15 is 0 Å². The average Bonchev–Trinajstić information content (AvgIpc) is 2.65. The minimum Gasteiger partial charge on any atom is -0.325 e. The summed E-state index contributed by atoms with van der Waals surface area (Å²) in [6, 6.07) is 15.0.